The van der Waals surface area contributed by atoms with Crippen molar-refractivity contribution in [3.8, 4) is 17.2 Å². The normalized spacial score (nSPS) is 29.1. The highest BCUT2D eigenvalue weighted by atomic mass is 16.5. The van der Waals surface area contributed by atoms with Crippen LogP contribution < -0.4 is 19.5 Å². The Morgan fingerprint density at radius 2 is 1.96 bits per heavy atom. The first-order chi connectivity index (χ1) is 12.8. The number of amides is 3. The Hall–Kier alpha value is -2.44. The molecule has 0 unspecified atom stereocenters. The van der Waals surface area contributed by atoms with Gasteiger partial charge in [0.2, 0.25) is 0 Å². The van der Waals surface area contributed by atoms with Gasteiger partial charge in [0.1, 0.15) is 28.9 Å². The van der Waals surface area contributed by atoms with Crippen molar-refractivity contribution in [2.24, 2.45) is 0 Å². The van der Waals surface area contributed by atoms with E-state index in [2.05, 4.69) is 5.32 Å². The molecule has 2 saturated carbocycles. The lowest BCUT2D eigenvalue weighted by Crippen LogP contribution is -2.52. The zero-order valence-electron chi connectivity index (χ0n) is 15.8. The number of hydrogen-bond donors (Lipinski definition) is 1. The smallest absolute Gasteiger partial charge is 0.325 e. The first-order valence-electron chi connectivity index (χ1n) is 9.51. The van der Waals surface area contributed by atoms with Gasteiger partial charge >= 0.3 is 6.03 Å². The highest BCUT2D eigenvalue weighted by molar-refractivity contribution is 6.06. The predicted molar refractivity (Wildman–Crippen MR) is 96.3 cm³/mol. The Morgan fingerprint density at radius 3 is 2.56 bits per heavy atom. The summed E-state index contributed by atoms with van der Waals surface area (Å²) >= 11 is 0. The molecule has 4 aliphatic rings. The molecule has 1 aromatic rings. The summed E-state index contributed by atoms with van der Waals surface area (Å²) in [4.78, 5) is 25.9. The van der Waals surface area contributed by atoms with Crippen LogP contribution in [0.3, 0.4) is 0 Å². The molecule has 0 aromatic heterocycles. The van der Waals surface area contributed by atoms with Gasteiger partial charge in [-0.15, -0.1) is 0 Å². The molecule has 7 heteroatoms. The molecule has 2 heterocycles. The molecule has 27 heavy (non-hydrogen) atoms. The van der Waals surface area contributed by atoms with E-state index in [1.807, 2.05) is 12.1 Å². The highest BCUT2D eigenvalue weighted by Crippen LogP contribution is 2.59. The van der Waals surface area contributed by atoms with Crippen LogP contribution in [0.1, 0.15) is 45.1 Å². The fourth-order valence-electron chi connectivity index (χ4n) is 4.38. The number of imide groups is 1. The minimum Gasteiger partial charge on any atom is -0.496 e. The van der Waals surface area contributed by atoms with E-state index in [0.717, 1.165) is 29.9 Å². The lowest BCUT2D eigenvalue weighted by Gasteiger charge is -2.39. The largest absolute Gasteiger partial charge is 0.496 e. The van der Waals surface area contributed by atoms with Crippen molar-refractivity contribution in [1.82, 2.24) is 10.2 Å². The minimum absolute atomic E-state index is 0.0214. The van der Waals surface area contributed by atoms with Gasteiger partial charge in [-0.3, -0.25) is 9.69 Å². The van der Waals surface area contributed by atoms with Crippen molar-refractivity contribution in [3.05, 3.63) is 17.7 Å². The van der Waals surface area contributed by atoms with E-state index in [0.29, 0.717) is 25.2 Å². The van der Waals surface area contributed by atoms with Gasteiger partial charge in [-0.2, -0.15) is 0 Å². The van der Waals surface area contributed by atoms with Crippen LogP contribution in [0.5, 0.6) is 17.2 Å². The summed E-state index contributed by atoms with van der Waals surface area (Å²) in [6.07, 6.45) is 3.51. The molecule has 1 spiro atoms. The van der Waals surface area contributed by atoms with Crippen molar-refractivity contribution < 1.29 is 23.8 Å². The molecule has 2 aliphatic carbocycles. The molecule has 1 aromatic carbocycles. The van der Waals surface area contributed by atoms with Gasteiger partial charge < -0.3 is 19.5 Å². The Balaban J connectivity index is 1.32. The van der Waals surface area contributed by atoms with Gasteiger partial charge in [0.25, 0.3) is 5.91 Å². The topological polar surface area (TPSA) is 77.1 Å². The van der Waals surface area contributed by atoms with Crippen LogP contribution >= 0.6 is 0 Å². The molecule has 144 valence electrons. The maximum atomic E-state index is 12.4. The van der Waals surface area contributed by atoms with Crippen LogP contribution in [0.2, 0.25) is 0 Å². The fourth-order valence-corrected chi connectivity index (χ4v) is 4.38. The number of benzene rings is 1. The van der Waals surface area contributed by atoms with E-state index in [-0.39, 0.29) is 29.5 Å². The number of urea groups is 1. The second-order valence-electron chi connectivity index (χ2n) is 8.66. The third-order valence-corrected chi connectivity index (χ3v) is 6.28. The average Bonchev–Trinajstić information content (AvgIpc) is 3.22. The van der Waals surface area contributed by atoms with E-state index in [1.54, 1.807) is 21.0 Å². The van der Waals surface area contributed by atoms with Crippen LogP contribution in [-0.4, -0.2) is 48.2 Å². The molecule has 3 fully saturated rings. The molecule has 2 aliphatic heterocycles. The average molecular weight is 372 g/mol. The molecule has 3 amide bonds. The van der Waals surface area contributed by atoms with Crippen molar-refractivity contribution in [2.75, 3.05) is 13.7 Å². The van der Waals surface area contributed by atoms with E-state index < -0.39 is 5.54 Å². The lowest BCUT2D eigenvalue weighted by molar-refractivity contribution is -0.134. The third kappa shape index (κ3) is 2.40. The number of methoxy groups -OCH3 is 1. The Kier molecular flexibility index (Phi) is 3.28. The molecule has 0 bridgehead atoms. The van der Waals surface area contributed by atoms with Crippen molar-refractivity contribution >= 4 is 11.9 Å². The predicted octanol–water partition coefficient (Wildman–Crippen LogP) is 2.36. The highest BCUT2D eigenvalue weighted by Gasteiger charge is 2.54. The van der Waals surface area contributed by atoms with Crippen LogP contribution in [0.25, 0.3) is 0 Å². The molecular formula is C20H24N2O5. The first kappa shape index (κ1) is 16.7. The van der Waals surface area contributed by atoms with Gasteiger partial charge in [-0.05, 0) is 26.7 Å². The van der Waals surface area contributed by atoms with E-state index >= 15 is 0 Å². The Morgan fingerprint density at radius 1 is 1.22 bits per heavy atom. The molecule has 1 saturated heterocycles. The molecule has 0 radical (unpaired) electrons. The number of rotatable bonds is 4. The molecule has 1 N–H and O–H groups in total. The number of hydrogen-bond acceptors (Lipinski definition) is 5. The van der Waals surface area contributed by atoms with Gasteiger partial charge in [-0.25, -0.2) is 4.79 Å². The maximum Gasteiger partial charge on any atom is 0.325 e. The van der Waals surface area contributed by atoms with Crippen LogP contribution in [0.15, 0.2) is 12.1 Å². The summed E-state index contributed by atoms with van der Waals surface area (Å²) in [5.74, 6) is 2.23. The number of carbonyl (C=O) groups excluding carboxylic acids is 2. The molecule has 5 rings (SSSR count). The van der Waals surface area contributed by atoms with Crippen LogP contribution in [0.4, 0.5) is 4.79 Å². The van der Waals surface area contributed by atoms with E-state index in [4.69, 9.17) is 14.2 Å². The molecular weight excluding hydrogens is 348 g/mol. The number of ether oxygens (including phenoxy) is 3. The first-order valence-corrected chi connectivity index (χ1v) is 9.51. The summed E-state index contributed by atoms with van der Waals surface area (Å²) < 4.78 is 17.6. The summed E-state index contributed by atoms with van der Waals surface area (Å²) in [5.41, 5.74) is 0.434. The van der Waals surface area contributed by atoms with Gasteiger partial charge in [0.05, 0.1) is 13.7 Å². The summed E-state index contributed by atoms with van der Waals surface area (Å²) in [5, 5.41) is 2.74. The second kappa shape index (κ2) is 5.30. The van der Waals surface area contributed by atoms with Crippen molar-refractivity contribution in [1.29, 1.82) is 0 Å². The quantitative estimate of drug-likeness (QED) is 0.821. The zero-order chi connectivity index (χ0) is 19.0. The lowest BCUT2D eigenvalue weighted by atomic mass is 9.87. The third-order valence-electron chi connectivity index (χ3n) is 6.28. The second-order valence-corrected chi connectivity index (χ2v) is 8.66. The SMILES string of the molecule is COc1cc2c(c(OC3CC(N4C(=O)NC(C)(C)C4=O)C3)c1)C1(CC1)CO2. The molecule has 0 atom stereocenters. The summed E-state index contributed by atoms with van der Waals surface area (Å²) in [7, 11) is 1.63. The molecule has 7 nitrogen and oxygen atoms in total. The Labute approximate surface area is 157 Å². The van der Waals surface area contributed by atoms with Gasteiger partial charge in [0, 0.05) is 42.0 Å². The standard InChI is InChI=1S/C20H24N2O5/c1-19(2)17(23)22(18(24)21-19)11-6-13(7-11)27-15-9-12(25-3)8-14-16(15)20(4-5-20)10-26-14/h8-9,11,13H,4-7,10H2,1-3H3,(H,21,24). The number of nitrogens with zero attached hydrogens (tertiary/aromatic N) is 1. The van der Waals surface area contributed by atoms with Crippen molar-refractivity contribution in [3.63, 3.8) is 0 Å². The van der Waals surface area contributed by atoms with Gasteiger partial charge in [0.15, 0.2) is 0 Å². The van der Waals surface area contributed by atoms with Crippen molar-refractivity contribution in [2.45, 2.75) is 62.6 Å². The summed E-state index contributed by atoms with van der Waals surface area (Å²) in [6, 6.07) is 3.45. The van der Waals surface area contributed by atoms with Gasteiger partial charge in [-0.1, -0.05) is 0 Å². The van der Waals surface area contributed by atoms with Crippen LogP contribution in [0, 0.1) is 0 Å². The maximum absolute atomic E-state index is 12.4. The Bertz CT molecular complexity index is 839. The van der Waals surface area contributed by atoms with E-state index in [1.165, 1.54) is 4.90 Å². The number of nitrogens with one attached hydrogen (secondary N) is 1. The van der Waals surface area contributed by atoms with Crippen LogP contribution in [-0.2, 0) is 10.2 Å². The van der Waals surface area contributed by atoms with E-state index in [9.17, 15) is 9.59 Å². The zero-order valence-corrected chi connectivity index (χ0v) is 15.8. The fraction of sp³-hybridized carbons (Fsp3) is 0.600. The number of fused-ring (bicyclic) bond motifs is 2. The summed E-state index contributed by atoms with van der Waals surface area (Å²) in [6.45, 7) is 4.17. The minimum atomic E-state index is -0.827. The monoisotopic (exact) mass is 372 g/mol. The number of carbonyl (C=O) groups is 2.